The minimum atomic E-state index is -0.414. The highest BCUT2D eigenvalue weighted by atomic mass is 32.2. The number of thioether (sulfide) groups is 1. The van der Waals surface area contributed by atoms with E-state index in [0.29, 0.717) is 11.5 Å². The number of ether oxygens (including phenoxy) is 1. The first-order valence-electron chi connectivity index (χ1n) is 5.70. The highest BCUT2D eigenvalue weighted by Crippen LogP contribution is 2.20. The van der Waals surface area contributed by atoms with Gasteiger partial charge in [0.2, 0.25) is 5.43 Å². The molecular formula is C14H14O4S. The smallest absolute Gasteiger partial charge is 0.226 e. The Bertz CT molecular complexity index is 606. The average molecular weight is 278 g/mol. The lowest BCUT2D eigenvalue weighted by Gasteiger charge is -2.04. The molecule has 0 fully saturated rings. The van der Waals surface area contributed by atoms with E-state index in [9.17, 15) is 4.79 Å². The minimum Gasteiger partial charge on any atom is -0.502 e. The Morgan fingerprint density at radius 1 is 1.32 bits per heavy atom. The Morgan fingerprint density at radius 2 is 2.16 bits per heavy atom. The summed E-state index contributed by atoms with van der Waals surface area (Å²) in [5, 5.41) is 9.08. The van der Waals surface area contributed by atoms with Crippen LogP contribution in [0.1, 0.15) is 11.3 Å². The molecule has 0 bridgehead atoms. The van der Waals surface area contributed by atoms with Gasteiger partial charge in [-0.1, -0.05) is 12.1 Å². The molecule has 0 saturated carbocycles. The second kappa shape index (κ2) is 6.33. The molecule has 1 aromatic heterocycles. The van der Waals surface area contributed by atoms with Gasteiger partial charge in [0.25, 0.3) is 0 Å². The molecule has 0 amide bonds. The monoisotopic (exact) mass is 278 g/mol. The third-order valence-corrected chi connectivity index (χ3v) is 3.54. The Labute approximate surface area is 115 Å². The van der Waals surface area contributed by atoms with Crippen LogP contribution in [0.5, 0.6) is 11.5 Å². The van der Waals surface area contributed by atoms with Crippen molar-refractivity contribution >= 4 is 11.8 Å². The van der Waals surface area contributed by atoms with E-state index in [1.807, 2.05) is 24.3 Å². The molecule has 0 saturated heterocycles. The van der Waals surface area contributed by atoms with E-state index in [0.717, 1.165) is 23.3 Å². The number of benzene rings is 1. The van der Waals surface area contributed by atoms with Gasteiger partial charge in [0, 0.05) is 11.8 Å². The van der Waals surface area contributed by atoms with Gasteiger partial charge in [-0.2, -0.15) is 0 Å². The van der Waals surface area contributed by atoms with E-state index >= 15 is 0 Å². The summed E-state index contributed by atoms with van der Waals surface area (Å²) in [6, 6.07) is 9.14. The molecule has 0 aliphatic heterocycles. The molecule has 1 N–H and O–H groups in total. The Balaban J connectivity index is 1.92. The third kappa shape index (κ3) is 3.79. The van der Waals surface area contributed by atoms with E-state index in [1.165, 1.54) is 6.07 Å². The van der Waals surface area contributed by atoms with Crippen LogP contribution >= 0.6 is 11.8 Å². The number of methoxy groups -OCH3 is 1. The van der Waals surface area contributed by atoms with Gasteiger partial charge in [0.05, 0.1) is 12.9 Å². The van der Waals surface area contributed by atoms with Crippen molar-refractivity contribution in [1.82, 2.24) is 0 Å². The van der Waals surface area contributed by atoms with Crippen LogP contribution in [0.3, 0.4) is 0 Å². The molecule has 4 nitrogen and oxygen atoms in total. The van der Waals surface area contributed by atoms with E-state index in [1.54, 1.807) is 18.9 Å². The Kier molecular flexibility index (Phi) is 4.52. The molecule has 1 aromatic carbocycles. The van der Waals surface area contributed by atoms with Gasteiger partial charge in [-0.3, -0.25) is 4.79 Å². The van der Waals surface area contributed by atoms with Crippen LogP contribution in [0.15, 0.2) is 45.8 Å². The van der Waals surface area contributed by atoms with Crippen LogP contribution in [-0.4, -0.2) is 12.2 Å². The van der Waals surface area contributed by atoms with Gasteiger partial charge in [-0.25, -0.2) is 0 Å². The van der Waals surface area contributed by atoms with Crippen molar-refractivity contribution in [3.05, 3.63) is 58.1 Å². The lowest BCUT2D eigenvalue weighted by atomic mass is 10.2. The summed E-state index contributed by atoms with van der Waals surface area (Å²) in [6.07, 6.45) is 1.07. The third-order valence-electron chi connectivity index (χ3n) is 2.51. The van der Waals surface area contributed by atoms with E-state index < -0.39 is 5.43 Å². The zero-order chi connectivity index (χ0) is 13.7. The summed E-state index contributed by atoms with van der Waals surface area (Å²) in [7, 11) is 1.64. The van der Waals surface area contributed by atoms with Crippen molar-refractivity contribution < 1.29 is 14.3 Å². The maximum atomic E-state index is 11.2. The van der Waals surface area contributed by atoms with Gasteiger partial charge in [0.1, 0.15) is 17.8 Å². The normalized spacial score (nSPS) is 10.4. The van der Waals surface area contributed by atoms with E-state index in [2.05, 4.69) is 0 Å². The average Bonchev–Trinajstić information content (AvgIpc) is 2.43. The number of hydrogen-bond acceptors (Lipinski definition) is 5. The quantitative estimate of drug-likeness (QED) is 0.911. The van der Waals surface area contributed by atoms with Crippen LogP contribution in [0, 0.1) is 0 Å². The summed E-state index contributed by atoms with van der Waals surface area (Å²) in [6.45, 7) is 0. The van der Waals surface area contributed by atoms with Gasteiger partial charge >= 0.3 is 0 Å². The van der Waals surface area contributed by atoms with Crippen molar-refractivity contribution in [3.8, 4) is 11.5 Å². The fourth-order valence-corrected chi connectivity index (χ4v) is 2.42. The van der Waals surface area contributed by atoms with Crippen molar-refractivity contribution in [2.24, 2.45) is 0 Å². The van der Waals surface area contributed by atoms with Crippen molar-refractivity contribution in [2.75, 3.05) is 7.11 Å². The van der Waals surface area contributed by atoms with Crippen LogP contribution in [0.2, 0.25) is 0 Å². The molecule has 0 aliphatic rings. The predicted molar refractivity (Wildman–Crippen MR) is 74.6 cm³/mol. The molecular weight excluding hydrogens is 264 g/mol. The second-order valence-corrected chi connectivity index (χ2v) is 4.93. The first kappa shape index (κ1) is 13.5. The van der Waals surface area contributed by atoms with E-state index in [4.69, 9.17) is 14.3 Å². The molecule has 0 radical (unpaired) electrons. The largest absolute Gasteiger partial charge is 0.502 e. The first-order chi connectivity index (χ1) is 9.19. The highest BCUT2D eigenvalue weighted by molar-refractivity contribution is 7.97. The van der Waals surface area contributed by atoms with Crippen molar-refractivity contribution in [3.63, 3.8) is 0 Å². The lowest BCUT2D eigenvalue weighted by molar-refractivity contribution is 0.414. The summed E-state index contributed by atoms with van der Waals surface area (Å²) >= 11 is 1.62. The molecule has 2 aromatic rings. The van der Waals surface area contributed by atoms with Crippen molar-refractivity contribution in [1.29, 1.82) is 0 Å². The summed E-state index contributed by atoms with van der Waals surface area (Å²) in [5.74, 6) is 2.39. The lowest BCUT2D eigenvalue weighted by Crippen LogP contribution is -1.99. The number of rotatable bonds is 5. The first-order valence-corrected chi connectivity index (χ1v) is 6.86. The molecule has 100 valence electrons. The van der Waals surface area contributed by atoms with Crippen LogP contribution < -0.4 is 10.2 Å². The summed E-state index contributed by atoms with van der Waals surface area (Å²) < 4.78 is 10.3. The Hall–Kier alpha value is -1.88. The molecule has 0 unspecified atom stereocenters. The topological polar surface area (TPSA) is 59.7 Å². The number of aromatic hydroxyl groups is 1. The van der Waals surface area contributed by atoms with Gasteiger partial charge in [0.15, 0.2) is 5.75 Å². The molecule has 19 heavy (non-hydrogen) atoms. The Morgan fingerprint density at radius 3 is 2.89 bits per heavy atom. The zero-order valence-electron chi connectivity index (χ0n) is 10.5. The summed E-state index contributed by atoms with van der Waals surface area (Å²) in [5.41, 5.74) is 0.730. The molecule has 0 aliphatic carbocycles. The van der Waals surface area contributed by atoms with Crippen LogP contribution in [0.4, 0.5) is 0 Å². The molecule has 5 heteroatoms. The van der Waals surface area contributed by atoms with Crippen LogP contribution in [0.25, 0.3) is 0 Å². The molecule has 2 rings (SSSR count). The molecule has 0 atom stereocenters. The van der Waals surface area contributed by atoms with Crippen LogP contribution in [-0.2, 0) is 11.5 Å². The predicted octanol–water partition coefficient (Wildman–Crippen LogP) is 2.79. The highest BCUT2D eigenvalue weighted by Gasteiger charge is 2.03. The SMILES string of the molecule is COc1cccc(CSCc2cc(=O)c(O)co2)c1. The molecule has 1 heterocycles. The van der Waals surface area contributed by atoms with Gasteiger partial charge in [-0.15, -0.1) is 11.8 Å². The zero-order valence-corrected chi connectivity index (χ0v) is 11.3. The maximum absolute atomic E-state index is 11.2. The number of hydrogen-bond donors (Lipinski definition) is 1. The standard InChI is InChI=1S/C14H14O4S/c1-17-11-4-2-3-10(5-11)8-19-9-12-6-13(15)14(16)7-18-12/h2-7,16H,8-9H2,1H3. The second-order valence-electron chi connectivity index (χ2n) is 3.94. The summed E-state index contributed by atoms with van der Waals surface area (Å²) in [4.78, 5) is 11.2. The van der Waals surface area contributed by atoms with Gasteiger partial charge < -0.3 is 14.3 Å². The molecule has 0 spiro atoms. The fraction of sp³-hybridized carbons (Fsp3) is 0.214. The fourth-order valence-electron chi connectivity index (χ4n) is 1.55. The maximum Gasteiger partial charge on any atom is 0.226 e. The van der Waals surface area contributed by atoms with Crippen molar-refractivity contribution in [2.45, 2.75) is 11.5 Å². The van der Waals surface area contributed by atoms with Gasteiger partial charge in [-0.05, 0) is 17.7 Å². The minimum absolute atomic E-state index is 0.360. The van der Waals surface area contributed by atoms with E-state index in [-0.39, 0.29) is 5.75 Å².